The normalized spacial score (nSPS) is 16.4. The molecule has 0 saturated heterocycles. The molecule has 1 aliphatic carbocycles. The molecule has 20 heavy (non-hydrogen) atoms. The molecule has 1 atom stereocenters. The lowest BCUT2D eigenvalue weighted by molar-refractivity contribution is 0.480. The molecule has 1 fully saturated rings. The Labute approximate surface area is 125 Å². The van der Waals surface area contributed by atoms with Crippen LogP contribution in [0.1, 0.15) is 42.7 Å². The molecule has 1 N–H and O–H groups in total. The molecule has 0 radical (unpaired) electrons. The Balaban J connectivity index is 1.59. The van der Waals surface area contributed by atoms with Gasteiger partial charge in [-0.1, -0.05) is 13.0 Å². The molecule has 0 aliphatic heterocycles. The number of aryl methyl sites for hydroxylation is 2. The molecule has 3 heteroatoms. The minimum Gasteiger partial charge on any atom is -0.354 e. The zero-order chi connectivity index (χ0) is 13.8. The first-order chi connectivity index (χ1) is 9.86. The quantitative estimate of drug-likeness (QED) is 0.768. The van der Waals surface area contributed by atoms with Crippen LogP contribution in [0, 0.1) is 5.92 Å². The van der Waals surface area contributed by atoms with Crippen molar-refractivity contribution >= 4 is 11.3 Å². The van der Waals surface area contributed by atoms with Crippen LogP contribution in [0.3, 0.4) is 0 Å². The lowest BCUT2D eigenvalue weighted by atomic mass is 10.1. The monoisotopic (exact) mass is 288 g/mol. The average Bonchev–Trinajstić information content (AvgIpc) is 2.98. The zero-order valence-corrected chi connectivity index (χ0v) is 13.0. The van der Waals surface area contributed by atoms with E-state index in [1.165, 1.54) is 29.7 Å². The maximum absolute atomic E-state index is 3.72. The highest BCUT2D eigenvalue weighted by molar-refractivity contribution is 7.09. The fourth-order valence-electron chi connectivity index (χ4n) is 2.76. The molecule has 0 spiro atoms. The van der Waals surface area contributed by atoms with Crippen LogP contribution in [0.15, 0.2) is 36.0 Å². The smallest absolute Gasteiger partial charge is 0.0363 e. The number of nitrogens with zero attached hydrogens (tertiary/aromatic N) is 1. The van der Waals surface area contributed by atoms with Crippen molar-refractivity contribution in [1.29, 1.82) is 0 Å². The number of thiophene rings is 1. The summed E-state index contributed by atoms with van der Waals surface area (Å²) >= 11 is 1.86. The maximum atomic E-state index is 3.72. The molecule has 0 aromatic carbocycles. The third-order valence-corrected chi connectivity index (χ3v) is 4.97. The van der Waals surface area contributed by atoms with Gasteiger partial charge in [-0.25, -0.2) is 0 Å². The first kappa shape index (κ1) is 13.9. The predicted molar refractivity (Wildman–Crippen MR) is 86.2 cm³/mol. The number of nitrogens with one attached hydrogen (secondary N) is 1. The minimum absolute atomic E-state index is 0.581. The Kier molecular flexibility index (Phi) is 4.58. The molecule has 2 nitrogen and oxygen atoms in total. The summed E-state index contributed by atoms with van der Waals surface area (Å²) in [4.78, 5) is 1.48. The van der Waals surface area contributed by atoms with Crippen LogP contribution in [0.2, 0.25) is 0 Å². The molecule has 2 aromatic heterocycles. The van der Waals surface area contributed by atoms with Crippen LogP contribution in [-0.4, -0.2) is 11.1 Å². The van der Waals surface area contributed by atoms with Gasteiger partial charge < -0.3 is 9.88 Å². The van der Waals surface area contributed by atoms with Crippen molar-refractivity contribution in [2.24, 2.45) is 5.92 Å². The van der Waals surface area contributed by atoms with Crippen molar-refractivity contribution in [3.05, 3.63) is 46.4 Å². The molecular formula is C17H24N2S. The van der Waals surface area contributed by atoms with Gasteiger partial charge in [-0.2, -0.15) is 0 Å². The second-order valence-corrected chi connectivity index (χ2v) is 6.81. The van der Waals surface area contributed by atoms with Crippen LogP contribution >= 0.6 is 11.3 Å². The Bertz CT molecular complexity index is 511. The second kappa shape index (κ2) is 6.59. The van der Waals surface area contributed by atoms with Gasteiger partial charge in [0.15, 0.2) is 0 Å². The number of hydrogen-bond acceptors (Lipinski definition) is 2. The van der Waals surface area contributed by atoms with Gasteiger partial charge in [0, 0.05) is 29.9 Å². The van der Waals surface area contributed by atoms with Gasteiger partial charge in [-0.15, -0.1) is 11.3 Å². The van der Waals surface area contributed by atoms with E-state index in [0.29, 0.717) is 6.04 Å². The van der Waals surface area contributed by atoms with Crippen molar-refractivity contribution < 1.29 is 0 Å². The van der Waals surface area contributed by atoms with Crippen LogP contribution < -0.4 is 5.32 Å². The highest BCUT2D eigenvalue weighted by atomic mass is 32.1. The number of hydrogen-bond donors (Lipinski definition) is 1. The number of aromatic nitrogens is 1. The molecule has 3 rings (SSSR count). The molecule has 0 amide bonds. The van der Waals surface area contributed by atoms with Crippen LogP contribution in [-0.2, 0) is 13.0 Å². The van der Waals surface area contributed by atoms with Crippen molar-refractivity contribution in [1.82, 2.24) is 9.88 Å². The maximum Gasteiger partial charge on any atom is 0.0363 e. The van der Waals surface area contributed by atoms with E-state index in [9.17, 15) is 0 Å². The van der Waals surface area contributed by atoms with Gasteiger partial charge in [-0.3, -0.25) is 0 Å². The largest absolute Gasteiger partial charge is 0.354 e. The van der Waals surface area contributed by atoms with Gasteiger partial charge in [0.25, 0.3) is 0 Å². The third kappa shape index (κ3) is 3.53. The molecule has 1 aliphatic rings. The molecule has 1 saturated carbocycles. The summed E-state index contributed by atoms with van der Waals surface area (Å²) < 4.78 is 2.35. The Morgan fingerprint density at radius 1 is 1.40 bits per heavy atom. The molecule has 108 valence electrons. The Morgan fingerprint density at radius 2 is 2.30 bits per heavy atom. The highest BCUT2D eigenvalue weighted by Gasteiger charge is 2.32. The van der Waals surface area contributed by atoms with E-state index in [0.717, 1.165) is 25.4 Å². The van der Waals surface area contributed by atoms with E-state index < -0.39 is 0 Å². The van der Waals surface area contributed by atoms with Gasteiger partial charge in [-0.05, 0) is 61.2 Å². The number of rotatable bonds is 8. The summed E-state index contributed by atoms with van der Waals surface area (Å²) in [5.74, 6) is 0.870. The predicted octanol–water partition coefficient (Wildman–Crippen LogP) is 4.24. The lowest BCUT2D eigenvalue weighted by Crippen LogP contribution is -2.23. The summed E-state index contributed by atoms with van der Waals surface area (Å²) in [5, 5.41) is 5.88. The fourth-order valence-corrected chi connectivity index (χ4v) is 3.46. The molecule has 1 unspecified atom stereocenters. The van der Waals surface area contributed by atoms with E-state index in [1.807, 2.05) is 11.3 Å². The van der Waals surface area contributed by atoms with Crippen LogP contribution in [0.25, 0.3) is 0 Å². The Hall–Kier alpha value is -1.06. The molecule has 2 aromatic rings. The minimum atomic E-state index is 0.581. The molecular weight excluding hydrogens is 264 g/mol. The standard InChI is InChI=1S/C17H24N2S/c1-2-9-18-17(14-5-6-14)15-7-10-19(13-15)11-8-16-4-3-12-20-16/h3-4,7,10,12-14,17-18H,2,5-6,8-9,11H2,1H3. The lowest BCUT2D eigenvalue weighted by Gasteiger charge is -2.16. The highest BCUT2D eigenvalue weighted by Crippen LogP contribution is 2.41. The molecule has 2 heterocycles. The van der Waals surface area contributed by atoms with Crippen molar-refractivity contribution in [2.45, 2.75) is 45.2 Å². The fraction of sp³-hybridized carbons (Fsp3) is 0.529. The topological polar surface area (TPSA) is 17.0 Å². The summed E-state index contributed by atoms with van der Waals surface area (Å²) in [6, 6.07) is 7.25. The summed E-state index contributed by atoms with van der Waals surface area (Å²) in [7, 11) is 0. The zero-order valence-electron chi connectivity index (χ0n) is 12.2. The second-order valence-electron chi connectivity index (χ2n) is 5.78. The summed E-state index contributed by atoms with van der Waals surface area (Å²) in [6.07, 6.45) is 9.72. The first-order valence-electron chi connectivity index (χ1n) is 7.78. The van der Waals surface area contributed by atoms with E-state index in [2.05, 4.69) is 52.8 Å². The van der Waals surface area contributed by atoms with Crippen molar-refractivity contribution in [3.8, 4) is 0 Å². The van der Waals surface area contributed by atoms with E-state index in [-0.39, 0.29) is 0 Å². The van der Waals surface area contributed by atoms with E-state index in [4.69, 9.17) is 0 Å². The summed E-state index contributed by atoms with van der Waals surface area (Å²) in [5.41, 5.74) is 1.48. The van der Waals surface area contributed by atoms with Crippen LogP contribution in [0.5, 0.6) is 0 Å². The van der Waals surface area contributed by atoms with E-state index in [1.54, 1.807) is 0 Å². The van der Waals surface area contributed by atoms with Crippen molar-refractivity contribution in [2.75, 3.05) is 6.54 Å². The molecule has 0 bridgehead atoms. The van der Waals surface area contributed by atoms with Gasteiger partial charge >= 0.3 is 0 Å². The third-order valence-electron chi connectivity index (χ3n) is 4.04. The van der Waals surface area contributed by atoms with Gasteiger partial charge in [0.05, 0.1) is 0 Å². The average molecular weight is 288 g/mol. The summed E-state index contributed by atoms with van der Waals surface area (Å²) in [6.45, 7) is 4.45. The first-order valence-corrected chi connectivity index (χ1v) is 8.66. The van der Waals surface area contributed by atoms with Crippen LogP contribution in [0.4, 0.5) is 0 Å². The van der Waals surface area contributed by atoms with Gasteiger partial charge in [0.2, 0.25) is 0 Å². The van der Waals surface area contributed by atoms with E-state index >= 15 is 0 Å². The Morgan fingerprint density at radius 3 is 3.00 bits per heavy atom. The SMILES string of the molecule is CCCNC(c1ccn(CCc2cccs2)c1)C1CC1. The van der Waals surface area contributed by atoms with Gasteiger partial charge in [0.1, 0.15) is 0 Å². The van der Waals surface area contributed by atoms with Crippen molar-refractivity contribution in [3.63, 3.8) is 0 Å².